The second-order valence-electron chi connectivity index (χ2n) is 6.67. The predicted molar refractivity (Wildman–Crippen MR) is 81.0 cm³/mol. The van der Waals surface area contributed by atoms with Gasteiger partial charge in [0.25, 0.3) is 11.8 Å². The molecule has 6 nitrogen and oxygen atoms in total. The molecule has 2 fully saturated rings. The molecular formula is C15H19N3O3S. The fourth-order valence-corrected chi connectivity index (χ4v) is 4.70. The number of hydrazine groups is 1. The molecule has 118 valence electrons. The molecule has 22 heavy (non-hydrogen) atoms. The van der Waals surface area contributed by atoms with Crippen LogP contribution in [0.4, 0.5) is 0 Å². The van der Waals surface area contributed by atoms with Gasteiger partial charge in [-0.15, -0.1) is 11.3 Å². The number of hydrogen-bond donors (Lipinski definition) is 2. The number of aromatic nitrogens is 1. The van der Waals surface area contributed by atoms with E-state index in [0.29, 0.717) is 23.4 Å². The number of Topliss-reactive ketones (excluding diaryl/α,β-unsaturated/α-hetero) is 1. The normalized spacial score (nSPS) is 28.7. The molecule has 2 atom stereocenters. The number of ketones is 1. The van der Waals surface area contributed by atoms with Crippen LogP contribution in [-0.4, -0.2) is 22.6 Å². The van der Waals surface area contributed by atoms with Crippen molar-refractivity contribution in [3.05, 3.63) is 16.1 Å². The van der Waals surface area contributed by atoms with Gasteiger partial charge in [-0.05, 0) is 31.1 Å². The van der Waals surface area contributed by atoms with E-state index < -0.39 is 17.2 Å². The van der Waals surface area contributed by atoms with Gasteiger partial charge in [-0.2, -0.15) is 0 Å². The molecule has 2 N–H and O–H groups in total. The Morgan fingerprint density at radius 2 is 2.09 bits per heavy atom. The minimum absolute atomic E-state index is 0.00512. The minimum atomic E-state index is -1.01. The van der Waals surface area contributed by atoms with Crippen molar-refractivity contribution in [2.24, 2.45) is 16.7 Å². The van der Waals surface area contributed by atoms with Crippen molar-refractivity contribution >= 4 is 28.9 Å². The van der Waals surface area contributed by atoms with E-state index in [9.17, 15) is 14.4 Å². The van der Waals surface area contributed by atoms with Crippen LogP contribution in [-0.2, 0) is 9.59 Å². The van der Waals surface area contributed by atoms with Crippen LogP contribution in [0.2, 0.25) is 0 Å². The topological polar surface area (TPSA) is 88.2 Å². The van der Waals surface area contributed by atoms with Gasteiger partial charge >= 0.3 is 0 Å². The third kappa shape index (κ3) is 1.84. The number of nitrogens with one attached hydrogen (secondary N) is 2. The lowest BCUT2D eigenvalue weighted by atomic mass is 9.68. The Morgan fingerprint density at radius 1 is 1.36 bits per heavy atom. The summed E-state index contributed by atoms with van der Waals surface area (Å²) in [6.07, 6.45) is 1.90. The van der Waals surface area contributed by atoms with E-state index in [-0.39, 0.29) is 17.1 Å². The summed E-state index contributed by atoms with van der Waals surface area (Å²) >= 11 is 1.21. The van der Waals surface area contributed by atoms with E-state index >= 15 is 0 Å². The zero-order valence-corrected chi connectivity index (χ0v) is 13.7. The molecule has 2 amide bonds. The Hall–Kier alpha value is -1.76. The van der Waals surface area contributed by atoms with Crippen LogP contribution >= 0.6 is 11.3 Å². The molecular weight excluding hydrogens is 302 g/mol. The molecule has 2 aliphatic carbocycles. The first-order valence-electron chi connectivity index (χ1n) is 7.35. The highest BCUT2D eigenvalue weighted by Crippen LogP contribution is 2.63. The number of carbonyl (C=O) groups is 3. The lowest BCUT2D eigenvalue weighted by Gasteiger charge is -2.34. The summed E-state index contributed by atoms with van der Waals surface area (Å²) in [5, 5.41) is 0. The molecule has 1 heterocycles. The minimum Gasteiger partial charge on any atom is -0.298 e. The van der Waals surface area contributed by atoms with E-state index in [4.69, 9.17) is 0 Å². The molecule has 2 bridgehead atoms. The van der Waals surface area contributed by atoms with Crippen LogP contribution in [0.15, 0.2) is 5.51 Å². The zero-order chi connectivity index (χ0) is 16.1. The van der Waals surface area contributed by atoms with Crippen LogP contribution in [0.3, 0.4) is 0 Å². The molecule has 3 rings (SSSR count). The summed E-state index contributed by atoms with van der Waals surface area (Å²) in [6, 6.07) is 0. The molecule has 1 aromatic rings. The van der Waals surface area contributed by atoms with Gasteiger partial charge < -0.3 is 0 Å². The molecule has 0 spiro atoms. The summed E-state index contributed by atoms with van der Waals surface area (Å²) in [7, 11) is 0. The van der Waals surface area contributed by atoms with E-state index in [1.807, 2.05) is 13.8 Å². The number of thiazole rings is 1. The highest BCUT2D eigenvalue weighted by atomic mass is 32.1. The third-order valence-electron chi connectivity index (χ3n) is 5.53. The molecule has 0 aliphatic heterocycles. The van der Waals surface area contributed by atoms with Crippen LogP contribution in [0, 0.1) is 23.7 Å². The second-order valence-corrected chi connectivity index (χ2v) is 7.52. The van der Waals surface area contributed by atoms with Crippen molar-refractivity contribution in [2.45, 2.75) is 40.0 Å². The van der Waals surface area contributed by atoms with Gasteiger partial charge in [0, 0.05) is 6.42 Å². The van der Waals surface area contributed by atoms with E-state index in [2.05, 4.69) is 15.8 Å². The first kappa shape index (κ1) is 15.1. The summed E-state index contributed by atoms with van der Waals surface area (Å²) in [5.74, 6) is -0.541. The quantitative estimate of drug-likeness (QED) is 0.640. The highest BCUT2D eigenvalue weighted by Gasteiger charge is 2.68. The molecule has 0 aromatic carbocycles. The predicted octanol–water partition coefficient (Wildman–Crippen LogP) is 1.61. The number of nitrogens with zero attached hydrogens (tertiary/aromatic N) is 1. The Bertz CT molecular complexity index is 667. The average Bonchev–Trinajstić information content (AvgIpc) is 3.05. The van der Waals surface area contributed by atoms with Crippen molar-refractivity contribution in [2.75, 3.05) is 0 Å². The number of hydrogen-bond acceptors (Lipinski definition) is 5. The van der Waals surface area contributed by atoms with Gasteiger partial charge in [0.2, 0.25) is 0 Å². The van der Waals surface area contributed by atoms with Crippen molar-refractivity contribution in [1.29, 1.82) is 0 Å². The number of rotatable bonds is 2. The average molecular weight is 321 g/mol. The summed E-state index contributed by atoms with van der Waals surface area (Å²) in [5.41, 5.74) is 5.71. The smallest absolute Gasteiger partial charge is 0.281 e. The van der Waals surface area contributed by atoms with Gasteiger partial charge in [0.1, 0.15) is 16.1 Å². The summed E-state index contributed by atoms with van der Waals surface area (Å²) < 4.78 is 0. The zero-order valence-electron chi connectivity index (χ0n) is 12.9. The number of aryl methyl sites for hydroxylation is 1. The molecule has 2 saturated carbocycles. The first-order chi connectivity index (χ1) is 10.3. The standard InChI is InChI=1S/C15H19N3O3S/c1-8-11(22-7-16-8)12(20)17-18-13(21)15-5-4-9(6-10(15)19)14(15,2)3/h7,9H,4-6H2,1-3H3,(H,17,20)(H,18,21). The Morgan fingerprint density at radius 3 is 2.59 bits per heavy atom. The van der Waals surface area contributed by atoms with Gasteiger partial charge in [-0.25, -0.2) is 4.98 Å². The Kier molecular flexibility index (Phi) is 3.36. The van der Waals surface area contributed by atoms with Gasteiger partial charge in [0.15, 0.2) is 0 Å². The molecule has 0 saturated heterocycles. The third-order valence-corrected chi connectivity index (χ3v) is 6.45. The number of amides is 2. The van der Waals surface area contributed by atoms with Crippen LogP contribution in [0.1, 0.15) is 48.5 Å². The summed E-state index contributed by atoms with van der Waals surface area (Å²) in [6.45, 7) is 5.69. The highest BCUT2D eigenvalue weighted by molar-refractivity contribution is 7.11. The van der Waals surface area contributed by atoms with Crippen molar-refractivity contribution < 1.29 is 14.4 Å². The Balaban J connectivity index is 1.74. The maximum absolute atomic E-state index is 12.7. The van der Waals surface area contributed by atoms with Gasteiger partial charge in [-0.1, -0.05) is 13.8 Å². The van der Waals surface area contributed by atoms with Gasteiger partial charge in [-0.3, -0.25) is 25.2 Å². The van der Waals surface area contributed by atoms with Crippen LogP contribution in [0.5, 0.6) is 0 Å². The van der Waals surface area contributed by atoms with Crippen molar-refractivity contribution in [3.63, 3.8) is 0 Å². The fraction of sp³-hybridized carbons (Fsp3) is 0.600. The summed E-state index contributed by atoms with van der Waals surface area (Å²) in [4.78, 5) is 41.5. The molecule has 7 heteroatoms. The fourth-order valence-electron chi connectivity index (χ4n) is 4.01. The van der Waals surface area contributed by atoms with Crippen LogP contribution in [0.25, 0.3) is 0 Å². The molecule has 1 aromatic heterocycles. The SMILES string of the molecule is Cc1ncsc1C(=O)NNC(=O)C12CCC(CC1=O)C2(C)C. The lowest BCUT2D eigenvalue weighted by Crippen LogP contribution is -2.54. The van der Waals surface area contributed by atoms with Crippen LogP contribution < -0.4 is 10.9 Å². The Labute approximate surface area is 132 Å². The first-order valence-corrected chi connectivity index (χ1v) is 8.23. The number of fused-ring (bicyclic) bond motifs is 2. The largest absolute Gasteiger partial charge is 0.298 e. The van der Waals surface area contributed by atoms with Gasteiger partial charge in [0.05, 0.1) is 11.2 Å². The lowest BCUT2D eigenvalue weighted by molar-refractivity contribution is -0.145. The molecule has 2 unspecified atom stereocenters. The van der Waals surface area contributed by atoms with Crippen molar-refractivity contribution in [1.82, 2.24) is 15.8 Å². The van der Waals surface area contributed by atoms with E-state index in [1.54, 1.807) is 12.4 Å². The maximum Gasteiger partial charge on any atom is 0.281 e. The monoisotopic (exact) mass is 321 g/mol. The molecule has 2 aliphatic rings. The molecule has 0 radical (unpaired) electrons. The van der Waals surface area contributed by atoms with Crippen molar-refractivity contribution in [3.8, 4) is 0 Å². The maximum atomic E-state index is 12.7. The van der Waals surface area contributed by atoms with E-state index in [0.717, 1.165) is 6.42 Å². The second kappa shape index (κ2) is 4.87. The van der Waals surface area contributed by atoms with E-state index in [1.165, 1.54) is 11.3 Å². The number of carbonyl (C=O) groups excluding carboxylic acids is 3.